The number of amides is 1. The van der Waals surface area contributed by atoms with Crippen LogP contribution >= 0.6 is 11.8 Å². The van der Waals surface area contributed by atoms with E-state index in [1.165, 1.54) is 22.7 Å². The summed E-state index contributed by atoms with van der Waals surface area (Å²) in [6, 6.07) is 0.997. The SMILES string of the molecule is C[C@H]1C(SC2CN=CN(Cc3cc(C(=O)O)no3)C2)=C(C(=O)O)N2C(=O)[C@H]([C@@H](C)O)C12. The molecular weight excluding hydrogens is 428 g/mol. The van der Waals surface area contributed by atoms with Crippen molar-refractivity contribution in [2.24, 2.45) is 16.8 Å². The molecule has 3 N–H and O–H groups in total. The maximum atomic E-state index is 12.5. The fraction of sp³-hybridized carbons (Fsp3) is 0.526. The van der Waals surface area contributed by atoms with Gasteiger partial charge in [0.25, 0.3) is 0 Å². The van der Waals surface area contributed by atoms with Crippen molar-refractivity contribution < 1.29 is 34.2 Å². The van der Waals surface area contributed by atoms with Crippen LogP contribution in [0.1, 0.15) is 30.1 Å². The quantitative estimate of drug-likeness (QED) is 0.499. The summed E-state index contributed by atoms with van der Waals surface area (Å²) in [7, 11) is 0. The van der Waals surface area contributed by atoms with E-state index in [2.05, 4.69) is 10.1 Å². The number of hydrogen-bond donors (Lipinski definition) is 3. The standard InChI is InChI=1S/C19H22N4O7S/c1-8-14-13(9(2)24)17(25)23(14)15(19(28)29)16(8)31-11-4-20-7-22(6-11)5-10-3-12(18(26)27)21-30-10/h3,7-9,11,13-14,24H,4-6H2,1-2H3,(H,26,27)(H,28,29)/t8-,9-,11?,13-,14?/m1/s1. The van der Waals surface area contributed by atoms with Gasteiger partial charge in [-0.25, -0.2) is 9.59 Å². The fourth-order valence-electron chi connectivity index (χ4n) is 4.37. The van der Waals surface area contributed by atoms with E-state index < -0.39 is 24.0 Å². The van der Waals surface area contributed by atoms with Crippen molar-refractivity contribution in [2.45, 2.75) is 37.8 Å². The lowest BCUT2D eigenvalue weighted by atomic mass is 9.79. The topological polar surface area (TPSA) is 157 Å². The van der Waals surface area contributed by atoms with E-state index in [1.54, 1.807) is 13.3 Å². The number of aliphatic imine (C=N–C) groups is 1. The minimum atomic E-state index is -1.17. The van der Waals surface area contributed by atoms with Crippen LogP contribution in [-0.2, 0) is 16.1 Å². The van der Waals surface area contributed by atoms with Crippen LogP contribution in [0.2, 0.25) is 0 Å². The second-order valence-electron chi connectivity index (χ2n) is 7.91. The van der Waals surface area contributed by atoms with Crippen LogP contribution in [0.15, 0.2) is 26.2 Å². The van der Waals surface area contributed by atoms with Crippen LogP contribution in [0.25, 0.3) is 0 Å². The molecule has 166 valence electrons. The van der Waals surface area contributed by atoms with Gasteiger partial charge >= 0.3 is 11.9 Å². The molecule has 31 heavy (non-hydrogen) atoms. The molecule has 0 aromatic carbocycles. The largest absolute Gasteiger partial charge is 0.477 e. The molecule has 1 aromatic heterocycles. The van der Waals surface area contributed by atoms with E-state index in [9.17, 15) is 24.6 Å². The van der Waals surface area contributed by atoms with Gasteiger partial charge in [0.2, 0.25) is 5.91 Å². The molecule has 1 saturated heterocycles. The molecule has 4 heterocycles. The van der Waals surface area contributed by atoms with Crippen molar-refractivity contribution in [3.8, 4) is 0 Å². The molecule has 2 unspecified atom stereocenters. The number of carboxylic acid groups (broad SMARTS) is 2. The first-order chi connectivity index (χ1) is 14.7. The Morgan fingerprint density at radius 2 is 2.10 bits per heavy atom. The Hall–Kier alpha value is -2.86. The van der Waals surface area contributed by atoms with E-state index in [-0.39, 0.29) is 41.1 Å². The van der Waals surface area contributed by atoms with E-state index in [0.717, 1.165) is 0 Å². The molecule has 12 heteroatoms. The van der Waals surface area contributed by atoms with Gasteiger partial charge in [0, 0.05) is 28.7 Å². The molecule has 0 radical (unpaired) electrons. The average Bonchev–Trinajstić information content (AvgIpc) is 3.24. The Morgan fingerprint density at radius 1 is 1.35 bits per heavy atom. The first-order valence-electron chi connectivity index (χ1n) is 9.77. The van der Waals surface area contributed by atoms with Gasteiger partial charge in [-0.3, -0.25) is 9.79 Å². The minimum absolute atomic E-state index is 0.00756. The number of rotatable bonds is 7. The van der Waals surface area contributed by atoms with Gasteiger partial charge in [-0.15, -0.1) is 11.8 Å². The predicted octanol–water partition coefficient (Wildman–Crippen LogP) is 0.472. The molecule has 5 atom stereocenters. The third kappa shape index (κ3) is 3.69. The lowest BCUT2D eigenvalue weighted by molar-refractivity contribution is -0.163. The number of hydrogen-bond acceptors (Lipinski definition) is 9. The summed E-state index contributed by atoms with van der Waals surface area (Å²) in [5, 5.41) is 32.1. The predicted molar refractivity (Wildman–Crippen MR) is 108 cm³/mol. The number of aliphatic carboxylic acids is 1. The van der Waals surface area contributed by atoms with Crippen molar-refractivity contribution in [3.63, 3.8) is 0 Å². The number of β-lactam (4-membered cyclic amide) rings is 1. The third-order valence-corrected chi connectivity index (χ3v) is 7.18. The number of aliphatic hydroxyl groups is 1. The molecule has 0 bridgehead atoms. The van der Waals surface area contributed by atoms with Crippen LogP contribution in [0, 0.1) is 11.8 Å². The summed E-state index contributed by atoms with van der Waals surface area (Å²) < 4.78 is 5.05. The van der Waals surface area contributed by atoms with Gasteiger partial charge in [-0.05, 0) is 6.92 Å². The molecule has 1 aromatic rings. The summed E-state index contributed by atoms with van der Waals surface area (Å²) >= 11 is 1.39. The van der Waals surface area contributed by atoms with E-state index in [1.807, 2.05) is 11.8 Å². The molecule has 3 aliphatic rings. The van der Waals surface area contributed by atoms with Gasteiger partial charge < -0.3 is 29.6 Å². The normalized spacial score (nSPS) is 28.5. The highest BCUT2D eigenvalue weighted by atomic mass is 32.2. The molecule has 1 fully saturated rings. The summed E-state index contributed by atoms with van der Waals surface area (Å²) in [4.78, 5) is 43.4. The van der Waals surface area contributed by atoms with Crippen molar-refractivity contribution >= 4 is 35.9 Å². The van der Waals surface area contributed by atoms with Crippen LogP contribution in [-0.4, -0.2) is 84.9 Å². The smallest absolute Gasteiger partial charge is 0.358 e. The molecule has 0 spiro atoms. The van der Waals surface area contributed by atoms with E-state index in [0.29, 0.717) is 23.8 Å². The summed E-state index contributed by atoms with van der Waals surface area (Å²) in [5.41, 5.74) is -0.181. The second-order valence-corrected chi connectivity index (χ2v) is 9.25. The summed E-state index contributed by atoms with van der Waals surface area (Å²) in [6.07, 6.45) is 0.799. The zero-order valence-corrected chi connectivity index (χ0v) is 17.7. The van der Waals surface area contributed by atoms with Crippen LogP contribution in [0.3, 0.4) is 0 Å². The van der Waals surface area contributed by atoms with Crippen molar-refractivity contribution in [1.82, 2.24) is 15.0 Å². The maximum absolute atomic E-state index is 12.5. The minimum Gasteiger partial charge on any atom is -0.477 e. The number of aromatic nitrogens is 1. The van der Waals surface area contributed by atoms with E-state index in [4.69, 9.17) is 9.63 Å². The zero-order valence-electron chi connectivity index (χ0n) is 16.8. The van der Waals surface area contributed by atoms with Gasteiger partial charge in [-0.2, -0.15) is 0 Å². The van der Waals surface area contributed by atoms with Crippen molar-refractivity contribution in [3.05, 3.63) is 28.1 Å². The van der Waals surface area contributed by atoms with Gasteiger partial charge in [0.15, 0.2) is 11.5 Å². The number of aromatic carboxylic acids is 1. The monoisotopic (exact) mass is 450 g/mol. The Kier molecular flexibility index (Phi) is 5.52. The van der Waals surface area contributed by atoms with Crippen molar-refractivity contribution in [2.75, 3.05) is 13.1 Å². The number of thioether (sulfide) groups is 1. The first-order valence-corrected chi connectivity index (χ1v) is 10.6. The Balaban J connectivity index is 1.48. The third-order valence-electron chi connectivity index (χ3n) is 5.73. The maximum Gasteiger partial charge on any atom is 0.358 e. The number of carboxylic acids is 2. The van der Waals surface area contributed by atoms with Crippen LogP contribution in [0.4, 0.5) is 0 Å². The molecule has 11 nitrogen and oxygen atoms in total. The van der Waals surface area contributed by atoms with Gasteiger partial charge in [0.05, 0.1) is 37.5 Å². The number of fused-ring (bicyclic) bond motifs is 1. The summed E-state index contributed by atoms with van der Waals surface area (Å²) in [6.45, 7) is 4.70. The highest BCUT2D eigenvalue weighted by Crippen LogP contribution is 2.51. The Morgan fingerprint density at radius 3 is 2.71 bits per heavy atom. The number of aliphatic hydroxyl groups excluding tert-OH is 1. The van der Waals surface area contributed by atoms with Gasteiger partial charge in [-0.1, -0.05) is 12.1 Å². The highest BCUT2D eigenvalue weighted by Gasteiger charge is 2.60. The molecule has 0 saturated carbocycles. The Labute approximate surface area is 181 Å². The fourth-order valence-corrected chi connectivity index (χ4v) is 5.81. The highest BCUT2D eigenvalue weighted by molar-refractivity contribution is 8.03. The molecule has 3 aliphatic heterocycles. The number of carbonyl (C=O) groups excluding carboxylic acids is 1. The lowest BCUT2D eigenvalue weighted by Gasteiger charge is -2.46. The lowest BCUT2D eigenvalue weighted by Crippen LogP contribution is -2.63. The van der Waals surface area contributed by atoms with Crippen LogP contribution in [0.5, 0.6) is 0 Å². The zero-order chi connectivity index (χ0) is 22.4. The Bertz CT molecular complexity index is 988. The first kappa shape index (κ1) is 21.4. The average molecular weight is 450 g/mol. The number of carbonyl (C=O) groups is 3. The van der Waals surface area contributed by atoms with Crippen molar-refractivity contribution in [1.29, 1.82) is 0 Å². The molecule has 1 amide bonds. The van der Waals surface area contributed by atoms with Crippen LogP contribution < -0.4 is 0 Å². The number of nitrogens with zero attached hydrogens (tertiary/aromatic N) is 4. The van der Waals surface area contributed by atoms with E-state index >= 15 is 0 Å². The second kappa shape index (κ2) is 8.00. The van der Waals surface area contributed by atoms with Gasteiger partial charge in [0.1, 0.15) is 5.70 Å². The summed E-state index contributed by atoms with van der Waals surface area (Å²) in [5.74, 6) is -3.12. The molecular formula is C19H22N4O7S. The molecule has 4 rings (SSSR count). The molecule has 0 aliphatic carbocycles.